The summed E-state index contributed by atoms with van der Waals surface area (Å²) in [7, 11) is 0. The minimum atomic E-state index is -0.450. The summed E-state index contributed by atoms with van der Waals surface area (Å²) >= 11 is 0. The largest absolute Gasteiger partial charge is 0.462 e. The maximum atomic E-state index is 12.4. The van der Waals surface area contributed by atoms with Crippen LogP contribution in [-0.4, -0.2) is 36.2 Å². The summed E-state index contributed by atoms with van der Waals surface area (Å²) in [6.07, 6.45) is 0.793. The van der Waals surface area contributed by atoms with E-state index >= 15 is 0 Å². The van der Waals surface area contributed by atoms with E-state index < -0.39 is 11.5 Å². The van der Waals surface area contributed by atoms with Crippen molar-refractivity contribution in [3.05, 3.63) is 11.1 Å². The highest BCUT2D eigenvalue weighted by atomic mass is 16.6. The van der Waals surface area contributed by atoms with E-state index in [1.807, 2.05) is 6.92 Å². The second-order valence-electron chi connectivity index (χ2n) is 7.28. The van der Waals surface area contributed by atoms with Gasteiger partial charge >= 0.3 is 17.9 Å². The van der Waals surface area contributed by atoms with Gasteiger partial charge in [0.2, 0.25) is 0 Å². The fourth-order valence-electron chi connectivity index (χ4n) is 5.15. The van der Waals surface area contributed by atoms with Crippen LogP contribution < -0.4 is 0 Å². The van der Waals surface area contributed by atoms with Gasteiger partial charge in [0.15, 0.2) is 0 Å². The molecule has 0 aromatic rings. The zero-order chi connectivity index (χ0) is 16.5. The lowest BCUT2D eigenvalue weighted by Gasteiger charge is -2.51. The molecular weight excluding hydrogens is 300 g/mol. The predicted molar refractivity (Wildman–Crippen MR) is 77.0 cm³/mol. The van der Waals surface area contributed by atoms with E-state index in [1.54, 1.807) is 6.92 Å². The van der Waals surface area contributed by atoms with Gasteiger partial charge in [0, 0.05) is 29.4 Å². The first kappa shape index (κ1) is 14.7. The fraction of sp³-hybridized carbons (Fsp3) is 0.706. The molecule has 1 saturated heterocycles. The van der Waals surface area contributed by atoms with Crippen molar-refractivity contribution in [1.82, 2.24) is 0 Å². The molecule has 2 heterocycles. The van der Waals surface area contributed by atoms with Gasteiger partial charge in [-0.25, -0.2) is 4.79 Å². The quantitative estimate of drug-likeness (QED) is 0.538. The number of carbonyl (C=O) groups is 3. The maximum absolute atomic E-state index is 12.4. The molecule has 0 N–H and O–H groups in total. The van der Waals surface area contributed by atoms with Gasteiger partial charge in [-0.2, -0.15) is 0 Å². The molecule has 0 spiro atoms. The van der Waals surface area contributed by atoms with Gasteiger partial charge in [-0.1, -0.05) is 6.92 Å². The number of carbonyl (C=O) groups excluding carboxylic acids is 3. The number of ether oxygens (including phenoxy) is 3. The van der Waals surface area contributed by atoms with Gasteiger partial charge in [0.05, 0.1) is 5.92 Å². The highest BCUT2D eigenvalue weighted by Gasteiger charge is 2.68. The highest BCUT2D eigenvalue weighted by Crippen LogP contribution is 2.61. The molecule has 0 amide bonds. The van der Waals surface area contributed by atoms with Crippen molar-refractivity contribution in [2.45, 2.75) is 58.3 Å². The Bertz CT molecular complexity index is 649. The molecule has 0 radical (unpaired) electrons. The van der Waals surface area contributed by atoms with Gasteiger partial charge in [0.1, 0.15) is 18.3 Å². The van der Waals surface area contributed by atoms with Crippen molar-refractivity contribution in [2.75, 3.05) is 0 Å². The summed E-state index contributed by atoms with van der Waals surface area (Å²) in [5.41, 5.74) is 0.923. The van der Waals surface area contributed by atoms with E-state index in [-0.39, 0.29) is 42.0 Å². The van der Waals surface area contributed by atoms with E-state index in [0.717, 1.165) is 5.57 Å². The smallest absolute Gasteiger partial charge is 0.334 e. The molecule has 6 nitrogen and oxygen atoms in total. The van der Waals surface area contributed by atoms with Crippen LogP contribution in [0.3, 0.4) is 0 Å². The summed E-state index contributed by atoms with van der Waals surface area (Å²) in [4.78, 5) is 35.8. The molecule has 2 saturated carbocycles. The van der Waals surface area contributed by atoms with Crippen molar-refractivity contribution < 1.29 is 28.6 Å². The average Bonchev–Trinajstić information content (AvgIpc) is 2.88. The van der Waals surface area contributed by atoms with Crippen LogP contribution in [-0.2, 0) is 28.6 Å². The molecule has 6 heteroatoms. The molecule has 0 bridgehead atoms. The number of esters is 3. The molecule has 4 rings (SSSR count). The lowest BCUT2D eigenvalue weighted by molar-refractivity contribution is -0.166. The zero-order valence-electron chi connectivity index (χ0n) is 13.5. The van der Waals surface area contributed by atoms with Crippen LogP contribution in [0.15, 0.2) is 11.1 Å². The first-order chi connectivity index (χ1) is 10.8. The Balaban J connectivity index is 1.80. The Kier molecular flexibility index (Phi) is 2.93. The topological polar surface area (TPSA) is 78.9 Å². The predicted octanol–water partition coefficient (Wildman–Crippen LogP) is 1.52. The molecule has 124 valence electrons. The SMILES string of the molecule is CC(=O)OC1CCC2C(=O)OC3C4=C(C)C(=O)OC4CC1C23C. The lowest BCUT2D eigenvalue weighted by Crippen LogP contribution is -2.56. The van der Waals surface area contributed by atoms with Gasteiger partial charge in [0.25, 0.3) is 0 Å². The molecule has 6 atom stereocenters. The monoisotopic (exact) mass is 320 g/mol. The standard InChI is InChI=1S/C17H20O6/c1-7-13-12(22-15(7)19)6-10-11(21-8(2)18)5-4-9-16(20)23-14(13)17(9,10)3/h9-12,14H,4-6H2,1-3H3. The number of rotatable bonds is 1. The van der Waals surface area contributed by atoms with Gasteiger partial charge in [-0.05, 0) is 26.2 Å². The number of fused-ring (bicyclic) bond motifs is 2. The third kappa shape index (κ3) is 1.78. The van der Waals surface area contributed by atoms with Crippen LogP contribution in [0.25, 0.3) is 0 Å². The summed E-state index contributed by atoms with van der Waals surface area (Å²) in [5.74, 6) is -1.12. The summed E-state index contributed by atoms with van der Waals surface area (Å²) in [5, 5.41) is 0. The van der Waals surface area contributed by atoms with Crippen LogP contribution in [0.2, 0.25) is 0 Å². The van der Waals surface area contributed by atoms with Crippen molar-refractivity contribution in [3.8, 4) is 0 Å². The molecule has 6 unspecified atom stereocenters. The van der Waals surface area contributed by atoms with E-state index in [0.29, 0.717) is 24.8 Å². The van der Waals surface area contributed by atoms with Gasteiger partial charge < -0.3 is 14.2 Å². The zero-order valence-corrected chi connectivity index (χ0v) is 13.5. The molecule has 0 aromatic carbocycles. The van der Waals surface area contributed by atoms with E-state index in [4.69, 9.17) is 14.2 Å². The third-order valence-corrected chi connectivity index (χ3v) is 6.23. The first-order valence-corrected chi connectivity index (χ1v) is 8.13. The Morgan fingerprint density at radius 2 is 2.00 bits per heavy atom. The van der Waals surface area contributed by atoms with Crippen LogP contribution in [0.4, 0.5) is 0 Å². The minimum Gasteiger partial charge on any atom is -0.462 e. The van der Waals surface area contributed by atoms with Crippen LogP contribution >= 0.6 is 0 Å². The third-order valence-electron chi connectivity index (χ3n) is 6.23. The minimum absolute atomic E-state index is 0.0472. The molecule has 2 aliphatic heterocycles. The second kappa shape index (κ2) is 4.58. The summed E-state index contributed by atoms with van der Waals surface area (Å²) < 4.78 is 16.7. The van der Waals surface area contributed by atoms with Crippen molar-refractivity contribution >= 4 is 17.9 Å². The normalized spacial score (nSPS) is 44.4. The van der Waals surface area contributed by atoms with Crippen LogP contribution in [0.1, 0.15) is 40.0 Å². The van der Waals surface area contributed by atoms with E-state index in [2.05, 4.69) is 0 Å². The fourth-order valence-corrected chi connectivity index (χ4v) is 5.15. The Morgan fingerprint density at radius 1 is 1.26 bits per heavy atom. The Morgan fingerprint density at radius 3 is 2.70 bits per heavy atom. The number of hydrogen-bond donors (Lipinski definition) is 0. The first-order valence-electron chi connectivity index (χ1n) is 8.13. The number of hydrogen-bond acceptors (Lipinski definition) is 6. The maximum Gasteiger partial charge on any atom is 0.334 e. The van der Waals surface area contributed by atoms with Crippen molar-refractivity contribution in [2.24, 2.45) is 17.3 Å². The molecule has 23 heavy (non-hydrogen) atoms. The summed E-state index contributed by atoms with van der Waals surface area (Å²) in [6, 6.07) is 0. The van der Waals surface area contributed by atoms with Crippen molar-refractivity contribution in [3.63, 3.8) is 0 Å². The Labute approximate surface area is 134 Å². The Hall–Kier alpha value is -1.85. The molecule has 2 aliphatic carbocycles. The van der Waals surface area contributed by atoms with Gasteiger partial charge in [-0.3, -0.25) is 9.59 Å². The molecule has 4 aliphatic rings. The second-order valence-corrected chi connectivity index (χ2v) is 7.28. The van der Waals surface area contributed by atoms with E-state index in [9.17, 15) is 14.4 Å². The van der Waals surface area contributed by atoms with E-state index in [1.165, 1.54) is 6.92 Å². The van der Waals surface area contributed by atoms with Crippen LogP contribution in [0, 0.1) is 17.3 Å². The lowest BCUT2D eigenvalue weighted by atomic mass is 9.53. The molecular formula is C17H20O6. The van der Waals surface area contributed by atoms with Crippen molar-refractivity contribution in [1.29, 1.82) is 0 Å². The van der Waals surface area contributed by atoms with Crippen LogP contribution in [0.5, 0.6) is 0 Å². The summed E-state index contributed by atoms with van der Waals surface area (Å²) in [6.45, 7) is 5.16. The van der Waals surface area contributed by atoms with Gasteiger partial charge in [-0.15, -0.1) is 0 Å². The molecule has 3 fully saturated rings. The molecule has 0 aromatic heterocycles. The average molecular weight is 320 g/mol. The highest BCUT2D eigenvalue weighted by molar-refractivity contribution is 5.92.